The van der Waals surface area contributed by atoms with Gasteiger partial charge in [0.15, 0.2) is 0 Å². The SMILES string of the molecule is CCCN(C(=O)C(CO)NC(=O)OC(C)(C)C)C(C(=O)Nc1c(C)cccc1C)c1cc(C)ccc1C. The van der Waals surface area contributed by atoms with E-state index in [0.29, 0.717) is 17.7 Å². The third kappa shape index (κ3) is 8.05. The third-order valence-corrected chi connectivity index (χ3v) is 5.94. The first-order valence-electron chi connectivity index (χ1n) is 12.6. The zero-order valence-electron chi connectivity index (χ0n) is 23.3. The lowest BCUT2D eigenvalue weighted by molar-refractivity contribution is -0.141. The average molecular weight is 512 g/mol. The van der Waals surface area contributed by atoms with Gasteiger partial charge in [0.05, 0.1) is 6.61 Å². The van der Waals surface area contributed by atoms with Gasteiger partial charge in [0.2, 0.25) is 5.91 Å². The van der Waals surface area contributed by atoms with Crippen LogP contribution in [0.1, 0.15) is 68.0 Å². The van der Waals surface area contributed by atoms with Crippen molar-refractivity contribution < 1.29 is 24.2 Å². The minimum atomic E-state index is -1.28. The van der Waals surface area contributed by atoms with Crippen LogP contribution in [0.4, 0.5) is 10.5 Å². The van der Waals surface area contributed by atoms with E-state index in [0.717, 1.165) is 22.3 Å². The Morgan fingerprint density at radius 1 is 1.00 bits per heavy atom. The number of aryl methyl sites for hydroxylation is 4. The Labute approximate surface area is 220 Å². The molecule has 0 radical (unpaired) electrons. The van der Waals surface area contributed by atoms with Gasteiger partial charge in [0.1, 0.15) is 17.7 Å². The maximum atomic E-state index is 13.9. The molecule has 2 unspecified atom stereocenters. The number of para-hydroxylation sites is 1. The van der Waals surface area contributed by atoms with Crippen LogP contribution in [0.3, 0.4) is 0 Å². The van der Waals surface area contributed by atoms with Crippen molar-refractivity contribution in [3.05, 3.63) is 64.2 Å². The van der Waals surface area contributed by atoms with Crippen molar-refractivity contribution in [2.24, 2.45) is 0 Å². The Kier molecular flexibility index (Phi) is 10.3. The molecule has 0 saturated heterocycles. The van der Waals surface area contributed by atoms with E-state index in [-0.39, 0.29) is 12.5 Å². The molecule has 0 spiro atoms. The molecule has 0 saturated carbocycles. The molecule has 2 atom stereocenters. The predicted molar refractivity (Wildman–Crippen MR) is 145 cm³/mol. The van der Waals surface area contributed by atoms with E-state index in [1.165, 1.54) is 4.90 Å². The minimum absolute atomic E-state index is 0.240. The summed E-state index contributed by atoms with van der Waals surface area (Å²) in [5, 5.41) is 15.5. The second-order valence-corrected chi connectivity index (χ2v) is 10.4. The molecule has 0 aliphatic carbocycles. The van der Waals surface area contributed by atoms with Crippen molar-refractivity contribution in [2.75, 3.05) is 18.5 Å². The van der Waals surface area contributed by atoms with E-state index in [1.54, 1.807) is 20.8 Å². The summed E-state index contributed by atoms with van der Waals surface area (Å²) in [4.78, 5) is 41.6. The normalized spacial score (nSPS) is 12.9. The number of aliphatic hydroxyl groups is 1. The van der Waals surface area contributed by atoms with Gasteiger partial charge in [0.25, 0.3) is 5.91 Å². The molecular formula is C29H41N3O5. The standard InChI is InChI=1S/C29H41N3O5/c1-9-15-32(27(35)23(17-33)30-28(36)37-29(6,7)8)25(22-16-18(2)13-14-19(22)3)26(34)31-24-20(4)11-10-12-21(24)5/h10-14,16,23,25,33H,9,15,17H2,1-8H3,(H,30,36)(H,31,34). The van der Waals surface area contributed by atoms with E-state index in [4.69, 9.17) is 4.74 Å². The first kappa shape index (κ1) is 29.8. The fourth-order valence-corrected chi connectivity index (χ4v) is 4.15. The molecule has 37 heavy (non-hydrogen) atoms. The molecule has 2 aromatic carbocycles. The fourth-order valence-electron chi connectivity index (χ4n) is 4.15. The number of amides is 3. The summed E-state index contributed by atoms with van der Waals surface area (Å²) in [5.41, 5.74) is 4.20. The van der Waals surface area contributed by atoms with E-state index in [2.05, 4.69) is 10.6 Å². The van der Waals surface area contributed by atoms with Crippen LogP contribution in [0, 0.1) is 27.7 Å². The van der Waals surface area contributed by atoms with Crippen molar-refractivity contribution in [1.82, 2.24) is 10.2 Å². The van der Waals surface area contributed by atoms with Crippen LogP contribution in [0.15, 0.2) is 36.4 Å². The molecule has 0 fully saturated rings. The zero-order chi connectivity index (χ0) is 27.9. The Balaban J connectivity index is 2.54. The van der Waals surface area contributed by atoms with Crippen LogP contribution in [0.25, 0.3) is 0 Å². The minimum Gasteiger partial charge on any atom is -0.444 e. The molecule has 8 heteroatoms. The van der Waals surface area contributed by atoms with Crippen molar-refractivity contribution in [3.8, 4) is 0 Å². The topological polar surface area (TPSA) is 108 Å². The lowest BCUT2D eigenvalue weighted by Gasteiger charge is -2.35. The van der Waals surface area contributed by atoms with E-state index >= 15 is 0 Å². The molecule has 8 nitrogen and oxygen atoms in total. The van der Waals surface area contributed by atoms with Gasteiger partial charge < -0.3 is 25.4 Å². The molecule has 2 rings (SSSR count). The van der Waals surface area contributed by atoms with Crippen LogP contribution >= 0.6 is 0 Å². The number of aliphatic hydroxyl groups excluding tert-OH is 1. The van der Waals surface area contributed by atoms with Crippen LogP contribution in [0.2, 0.25) is 0 Å². The van der Waals surface area contributed by atoms with Gasteiger partial charge in [-0.05, 0) is 77.1 Å². The van der Waals surface area contributed by atoms with Crippen molar-refractivity contribution in [1.29, 1.82) is 0 Å². The van der Waals surface area contributed by atoms with Crippen molar-refractivity contribution in [2.45, 2.75) is 79.5 Å². The van der Waals surface area contributed by atoms with E-state index in [1.807, 2.05) is 71.0 Å². The monoisotopic (exact) mass is 511 g/mol. The Hall–Kier alpha value is -3.39. The largest absolute Gasteiger partial charge is 0.444 e. The molecule has 3 amide bonds. The van der Waals surface area contributed by atoms with Crippen LogP contribution in [-0.2, 0) is 14.3 Å². The Morgan fingerprint density at radius 3 is 2.16 bits per heavy atom. The van der Waals surface area contributed by atoms with Gasteiger partial charge in [0, 0.05) is 12.2 Å². The number of anilines is 1. The Bertz CT molecular complexity index is 1100. The summed E-state index contributed by atoms with van der Waals surface area (Å²) >= 11 is 0. The highest BCUT2D eigenvalue weighted by Gasteiger charge is 2.36. The van der Waals surface area contributed by atoms with Crippen molar-refractivity contribution in [3.63, 3.8) is 0 Å². The van der Waals surface area contributed by atoms with E-state index in [9.17, 15) is 19.5 Å². The number of ether oxygens (including phenoxy) is 1. The van der Waals surface area contributed by atoms with Gasteiger partial charge >= 0.3 is 6.09 Å². The highest BCUT2D eigenvalue weighted by atomic mass is 16.6. The third-order valence-electron chi connectivity index (χ3n) is 5.94. The van der Waals surface area contributed by atoms with Crippen LogP contribution in [-0.4, -0.2) is 52.7 Å². The second-order valence-electron chi connectivity index (χ2n) is 10.4. The van der Waals surface area contributed by atoms with Gasteiger partial charge in [-0.15, -0.1) is 0 Å². The van der Waals surface area contributed by atoms with Crippen LogP contribution < -0.4 is 10.6 Å². The fraction of sp³-hybridized carbons (Fsp3) is 0.483. The number of hydrogen-bond donors (Lipinski definition) is 3. The number of carbonyl (C=O) groups excluding carboxylic acids is 3. The summed E-state index contributed by atoms with van der Waals surface area (Å²) in [6.45, 7) is 14.3. The first-order valence-corrected chi connectivity index (χ1v) is 12.6. The Morgan fingerprint density at radius 2 is 1.62 bits per heavy atom. The molecular weight excluding hydrogens is 470 g/mol. The molecule has 0 aliphatic rings. The van der Waals surface area contributed by atoms with Crippen LogP contribution in [0.5, 0.6) is 0 Å². The van der Waals surface area contributed by atoms with Gasteiger partial charge in [-0.3, -0.25) is 9.59 Å². The molecule has 0 bridgehead atoms. The maximum Gasteiger partial charge on any atom is 0.408 e. The number of benzene rings is 2. The number of carbonyl (C=O) groups is 3. The first-order chi connectivity index (χ1) is 17.3. The van der Waals surface area contributed by atoms with Gasteiger partial charge in [-0.1, -0.05) is 48.9 Å². The molecule has 202 valence electrons. The second kappa shape index (κ2) is 12.7. The number of rotatable bonds is 9. The summed E-state index contributed by atoms with van der Waals surface area (Å²) in [6.07, 6.45) is -0.256. The smallest absolute Gasteiger partial charge is 0.408 e. The summed E-state index contributed by atoms with van der Waals surface area (Å²) < 4.78 is 5.28. The lowest BCUT2D eigenvalue weighted by Crippen LogP contribution is -2.54. The number of nitrogens with zero attached hydrogens (tertiary/aromatic N) is 1. The summed E-state index contributed by atoms with van der Waals surface area (Å²) in [7, 11) is 0. The predicted octanol–water partition coefficient (Wildman–Crippen LogP) is 4.72. The molecule has 0 heterocycles. The summed E-state index contributed by atoms with van der Waals surface area (Å²) in [5.74, 6) is -0.945. The summed E-state index contributed by atoms with van der Waals surface area (Å²) in [6, 6.07) is 9.25. The molecule has 2 aromatic rings. The molecule has 0 aromatic heterocycles. The van der Waals surface area contributed by atoms with Gasteiger partial charge in [-0.2, -0.15) is 0 Å². The van der Waals surface area contributed by atoms with Crippen molar-refractivity contribution >= 4 is 23.6 Å². The number of alkyl carbamates (subject to hydrolysis) is 1. The molecule has 3 N–H and O–H groups in total. The van der Waals surface area contributed by atoms with Gasteiger partial charge in [-0.25, -0.2) is 4.79 Å². The highest BCUT2D eigenvalue weighted by Crippen LogP contribution is 2.29. The average Bonchev–Trinajstić information content (AvgIpc) is 2.80. The quantitative estimate of drug-likeness (QED) is 0.451. The zero-order valence-corrected chi connectivity index (χ0v) is 23.3. The number of hydrogen-bond acceptors (Lipinski definition) is 5. The number of nitrogens with one attached hydrogen (secondary N) is 2. The lowest BCUT2D eigenvalue weighted by atomic mass is 9.95. The molecule has 0 aliphatic heterocycles. The maximum absolute atomic E-state index is 13.9. The highest BCUT2D eigenvalue weighted by molar-refractivity contribution is 6.00. The van der Waals surface area contributed by atoms with E-state index < -0.39 is 36.3 Å².